The summed E-state index contributed by atoms with van der Waals surface area (Å²) in [6.45, 7) is 0.487. The maximum absolute atomic E-state index is 11.8. The predicted octanol–water partition coefficient (Wildman–Crippen LogP) is 0.928. The van der Waals surface area contributed by atoms with Gasteiger partial charge in [-0.05, 0) is 36.2 Å². The zero-order valence-corrected chi connectivity index (χ0v) is 12.3. The Kier molecular flexibility index (Phi) is 4.28. The van der Waals surface area contributed by atoms with Gasteiger partial charge in [0.05, 0.1) is 5.69 Å². The Morgan fingerprint density at radius 1 is 1.17 bits per heavy atom. The number of nitrogens with zero attached hydrogens (tertiary/aromatic N) is 3. The molecule has 1 amide bonds. The number of nitrogens with one attached hydrogen (secondary N) is 2. The molecule has 1 aromatic carbocycles. The Hall–Kier alpha value is -3.22. The molecule has 0 atom stereocenters. The van der Waals surface area contributed by atoms with Crippen LogP contribution in [-0.2, 0) is 6.42 Å². The monoisotopic (exact) mass is 309 g/mol. The van der Waals surface area contributed by atoms with E-state index in [0.29, 0.717) is 13.0 Å². The molecular formula is C16H15N5O2. The SMILES string of the molecule is O=C(NCCc1ccc(-n2cccn2)cc1)c1ccc(=O)[nH]n1. The van der Waals surface area contributed by atoms with Crippen LogP contribution in [0.5, 0.6) is 0 Å². The second-order valence-corrected chi connectivity index (χ2v) is 4.93. The van der Waals surface area contributed by atoms with Gasteiger partial charge in [-0.3, -0.25) is 9.59 Å². The summed E-state index contributed by atoms with van der Waals surface area (Å²) in [5, 5.41) is 12.9. The summed E-state index contributed by atoms with van der Waals surface area (Å²) < 4.78 is 1.79. The third-order valence-corrected chi connectivity index (χ3v) is 3.32. The quantitative estimate of drug-likeness (QED) is 0.733. The number of carbonyl (C=O) groups excluding carboxylic acids is 1. The molecule has 0 aliphatic heterocycles. The lowest BCUT2D eigenvalue weighted by Crippen LogP contribution is -2.27. The fourth-order valence-corrected chi connectivity index (χ4v) is 2.12. The molecule has 0 saturated heterocycles. The zero-order chi connectivity index (χ0) is 16.1. The lowest BCUT2D eigenvalue weighted by atomic mass is 10.1. The number of rotatable bonds is 5. The third-order valence-electron chi connectivity index (χ3n) is 3.32. The van der Waals surface area contributed by atoms with E-state index in [1.54, 1.807) is 10.9 Å². The van der Waals surface area contributed by atoms with Gasteiger partial charge in [0.2, 0.25) is 0 Å². The third kappa shape index (κ3) is 3.70. The lowest BCUT2D eigenvalue weighted by Gasteiger charge is -2.06. The van der Waals surface area contributed by atoms with Gasteiger partial charge < -0.3 is 5.32 Å². The summed E-state index contributed by atoms with van der Waals surface area (Å²) in [6, 6.07) is 12.5. The van der Waals surface area contributed by atoms with E-state index < -0.39 is 0 Å². The Balaban J connectivity index is 1.53. The first kappa shape index (κ1) is 14.7. The minimum absolute atomic E-state index is 0.193. The van der Waals surface area contributed by atoms with E-state index >= 15 is 0 Å². The van der Waals surface area contributed by atoms with Crippen molar-refractivity contribution in [2.45, 2.75) is 6.42 Å². The van der Waals surface area contributed by atoms with Crippen LogP contribution in [0.4, 0.5) is 0 Å². The van der Waals surface area contributed by atoms with Crippen LogP contribution in [-0.4, -0.2) is 32.4 Å². The number of aromatic nitrogens is 4. The molecule has 0 fully saturated rings. The van der Waals surface area contributed by atoms with Crippen LogP contribution >= 0.6 is 0 Å². The van der Waals surface area contributed by atoms with Crippen molar-refractivity contribution in [3.8, 4) is 5.69 Å². The highest BCUT2D eigenvalue weighted by Crippen LogP contribution is 2.08. The summed E-state index contributed by atoms with van der Waals surface area (Å²) in [6.07, 6.45) is 4.31. The number of H-pyrrole nitrogens is 1. The fourth-order valence-electron chi connectivity index (χ4n) is 2.12. The zero-order valence-electron chi connectivity index (χ0n) is 12.3. The molecule has 0 radical (unpaired) electrons. The standard InChI is InChI=1S/C16H15N5O2/c22-15-7-6-14(19-20-15)16(23)17-10-8-12-2-4-13(5-3-12)21-11-1-9-18-21/h1-7,9,11H,8,10H2,(H,17,23)(H,20,22). The topological polar surface area (TPSA) is 92.7 Å². The number of hydrogen-bond donors (Lipinski definition) is 2. The van der Waals surface area contributed by atoms with Crippen molar-refractivity contribution in [3.05, 3.63) is 76.5 Å². The molecule has 7 heteroatoms. The highest BCUT2D eigenvalue weighted by atomic mass is 16.2. The Bertz CT molecular complexity index is 817. The normalized spacial score (nSPS) is 10.4. The Labute approximate surface area is 132 Å². The molecule has 3 rings (SSSR count). The molecule has 2 aromatic heterocycles. The van der Waals surface area contributed by atoms with Gasteiger partial charge in [0, 0.05) is 25.0 Å². The van der Waals surface area contributed by atoms with Gasteiger partial charge in [-0.1, -0.05) is 12.1 Å². The fraction of sp³-hybridized carbons (Fsp3) is 0.125. The number of benzene rings is 1. The van der Waals surface area contributed by atoms with Crippen LogP contribution in [0.15, 0.2) is 59.7 Å². The van der Waals surface area contributed by atoms with Crippen LogP contribution in [0.2, 0.25) is 0 Å². The molecule has 0 bridgehead atoms. The smallest absolute Gasteiger partial charge is 0.271 e. The number of amides is 1. The molecule has 0 saturated carbocycles. The summed E-state index contributed by atoms with van der Waals surface area (Å²) in [5.41, 5.74) is 1.95. The van der Waals surface area contributed by atoms with E-state index in [1.165, 1.54) is 12.1 Å². The van der Waals surface area contributed by atoms with Crippen molar-refractivity contribution in [1.82, 2.24) is 25.3 Å². The van der Waals surface area contributed by atoms with Gasteiger partial charge in [-0.25, -0.2) is 9.78 Å². The van der Waals surface area contributed by atoms with Crippen molar-refractivity contribution >= 4 is 5.91 Å². The predicted molar refractivity (Wildman–Crippen MR) is 84.5 cm³/mol. The number of aromatic amines is 1. The van der Waals surface area contributed by atoms with Crippen LogP contribution in [0.1, 0.15) is 16.1 Å². The van der Waals surface area contributed by atoms with Crippen LogP contribution in [0.3, 0.4) is 0 Å². The average Bonchev–Trinajstić information content (AvgIpc) is 3.10. The molecule has 3 aromatic rings. The van der Waals surface area contributed by atoms with Gasteiger partial charge in [0.25, 0.3) is 11.5 Å². The second-order valence-electron chi connectivity index (χ2n) is 4.93. The molecule has 0 spiro atoms. The maximum Gasteiger partial charge on any atom is 0.271 e. The molecule has 2 N–H and O–H groups in total. The summed E-state index contributed by atoms with van der Waals surface area (Å²) in [5.74, 6) is -0.311. The molecule has 0 aliphatic carbocycles. The lowest BCUT2D eigenvalue weighted by molar-refractivity contribution is 0.0948. The molecule has 2 heterocycles. The highest BCUT2D eigenvalue weighted by molar-refractivity contribution is 5.91. The first-order valence-corrected chi connectivity index (χ1v) is 7.15. The molecular weight excluding hydrogens is 294 g/mol. The molecule has 116 valence electrons. The number of carbonyl (C=O) groups is 1. The van der Waals surface area contributed by atoms with Crippen molar-refractivity contribution in [2.24, 2.45) is 0 Å². The molecule has 0 aliphatic rings. The van der Waals surface area contributed by atoms with E-state index in [1.807, 2.05) is 36.5 Å². The largest absolute Gasteiger partial charge is 0.350 e. The summed E-state index contributed by atoms with van der Waals surface area (Å²) >= 11 is 0. The summed E-state index contributed by atoms with van der Waals surface area (Å²) in [4.78, 5) is 22.7. The van der Waals surface area contributed by atoms with E-state index in [-0.39, 0.29) is 17.2 Å². The van der Waals surface area contributed by atoms with E-state index in [4.69, 9.17) is 0 Å². The first-order chi connectivity index (χ1) is 11.2. The minimum atomic E-state index is -0.334. The van der Waals surface area contributed by atoms with Crippen molar-refractivity contribution in [1.29, 1.82) is 0 Å². The first-order valence-electron chi connectivity index (χ1n) is 7.15. The van der Waals surface area contributed by atoms with E-state index in [2.05, 4.69) is 20.6 Å². The highest BCUT2D eigenvalue weighted by Gasteiger charge is 2.06. The van der Waals surface area contributed by atoms with E-state index in [0.717, 1.165) is 11.3 Å². The van der Waals surface area contributed by atoms with Crippen molar-refractivity contribution < 1.29 is 4.79 Å². The van der Waals surface area contributed by atoms with Gasteiger partial charge in [-0.2, -0.15) is 10.2 Å². The van der Waals surface area contributed by atoms with Crippen molar-refractivity contribution in [2.75, 3.05) is 6.54 Å². The average molecular weight is 309 g/mol. The number of hydrogen-bond acceptors (Lipinski definition) is 4. The molecule has 23 heavy (non-hydrogen) atoms. The van der Waals surface area contributed by atoms with Gasteiger partial charge in [0.1, 0.15) is 5.69 Å². The second kappa shape index (κ2) is 6.69. The summed E-state index contributed by atoms with van der Waals surface area (Å²) in [7, 11) is 0. The minimum Gasteiger partial charge on any atom is -0.350 e. The van der Waals surface area contributed by atoms with Crippen molar-refractivity contribution in [3.63, 3.8) is 0 Å². The van der Waals surface area contributed by atoms with Gasteiger partial charge in [-0.15, -0.1) is 0 Å². The van der Waals surface area contributed by atoms with Crippen LogP contribution in [0.25, 0.3) is 5.69 Å². The van der Waals surface area contributed by atoms with Gasteiger partial charge in [0.15, 0.2) is 0 Å². The Morgan fingerprint density at radius 3 is 2.65 bits per heavy atom. The van der Waals surface area contributed by atoms with Crippen LogP contribution < -0.4 is 10.9 Å². The van der Waals surface area contributed by atoms with Crippen LogP contribution in [0, 0.1) is 0 Å². The Morgan fingerprint density at radius 2 is 2.00 bits per heavy atom. The van der Waals surface area contributed by atoms with Gasteiger partial charge >= 0.3 is 0 Å². The maximum atomic E-state index is 11.8. The molecule has 0 unspecified atom stereocenters. The molecule has 7 nitrogen and oxygen atoms in total. The van der Waals surface area contributed by atoms with E-state index in [9.17, 15) is 9.59 Å².